The van der Waals surface area contributed by atoms with Crippen LogP contribution < -0.4 is 10.6 Å². The lowest BCUT2D eigenvalue weighted by Crippen LogP contribution is -2.51. The molecule has 5 heterocycles. The number of fused-ring (bicyclic) bond motifs is 4. The van der Waals surface area contributed by atoms with Crippen molar-refractivity contribution in [3.8, 4) is 22.5 Å². The molecule has 0 unspecified atom stereocenters. The number of rotatable bonds is 10. The molecule has 4 atom stereocenters. The fraction of sp³-hybridized carbons (Fsp3) is 0.422. The first-order chi connectivity index (χ1) is 28.9. The highest BCUT2D eigenvalue weighted by atomic mass is 16.5. The fourth-order valence-corrected chi connectivity index (χ4v) is 8.98. The van der Waals surface area contributed by atoms with Gasteiger partial charge in [-0.2, -0.15) is 0 Å². The van der Waals surface area contributed by atoms with E-state index in [0.29, 0.717) is 13.1 Å². The minimum absolute atomic E-state index is 0.113. The van der Waals surface area contributed by atoms with Crippen LogP contribution in [0.1, 0.15) is 77.1 Å². The minimum atomic E-state index is -0.698. The summed E-state index contributed by atoms with van der Waals surface area (Å²) in [5.74, 6) is 0.955. The first-order valence-corrected chi connectivity index (χ1v) is 20.7. The number of amides is 4. The molecule has 60 heavy (non-hydrogen) atoms. The van der Waals surface area contributed by atoms with E-state index < -0.39 is 24.3 Å². The van der Waals surface area contributed by atoms with Crippen molar-refractivity contribution in [2.45, 2.75) is 77.5 Å². The number of ether oxygens (including phenoxy) is 2. The van der Waals surface area contributed by atoms with Crippen LogP contribution in [0.25, 0.3) is 55.2 Å². The molecular weight excluding hydrogens is 763 g/mol. The van der Waals surface area contributed by atoms with Gasteiger partial charge in [-0.15, -0.1) is 0 Å². The number of H-pyrrole nitrogens is 2. The Morgan fingerprint density at radius 2 is 1.32 bits per heavy atom. The second-order valence-corrected chi connectivity index (χ2v) is 16.7. The van der Waals surface area contributed by atoms with Gasteiger partial charge >= 0.3 is 12.2 Å². The Hall–Kier alpha value is -6.38. The van der Waals surface area contributed by atoms with E-state index in [1.807, 2.05) is 56.8 Å². The average Bonchev–Trinajstić information content (AvgIpc) is 4.10. The first kappa shape index (κ1) is 40.4. The molecule has 15 heteroatoms. The molecule has 2 aliphatic heterocycles. The fourth-order valence-electron chi connectivity index (χ4n) is 8.98. The van der Waals surface area contributed by atoms with Gasteiger partial charge in [-0.1, -0.05) is 52.0 Å². The molecule has 0 spiro atoms. The van der Waals surface area contributed by atoms with Crippen molar-refractivity contribution in [3.63, 3.8) is 0 Å². The molecule has 314 valence electrons. The number of aromatic nitrogens is 5. The van der Waals surface area contributed by atoms with Crippen LogP contribution in [0.5, 0.6) is 0 Å². The van der Waals surface area contributed by atoms with E-state index in [2.05, 4.69) is 73.7 Å². The SMILES string of the molecule is COC(=O)N[C@H](C(=O)N1CCC[C@H]1c1ncc(-c2cc3cc(-c4ccc5c(ccc6nc([C@@H]7CCCN7C(=O)[C@@H](NC(=O)OC)C(C)C)[nH]c65)c4)ccc3n2C)[nH]1)C(C)C. The van der Waals surface area contributed by atoms with Crippen LogP contribution in [-0.2, 0) is 26.1 Å². The quantitative estimate of drug-likeness (QED) is 0.111. The van der Waals surface area contributed by atoms with Gasteiger partial charge in [0, 0.05) is 36.4 Å². The Balaban J connectivity index is 1.03. The van der Waals surface area contributed by atoms with Crippen LogP contribution in [0.4, 0.5) is 9.59 Å². The van der Waals surface area contributed by atoms with Crippen molar-refractivity contribution in [2.24, 2.45) is 18.9 Å². The van der Waals surface area contributed by atoms with Gasteiger partial charge in [-0.3, -0.25) is 9.59 Å². The van der Waals surface area contributed by atoms with Crippen molar-refractivity contribution < 1.29 is 28.7 Å². The molecule has 4 amide bonds. The van der Waals surface area contributed by atoms with E-state index in [9.17, 15) is 19.2 Å². The van der Waals surface area contributed by atoms with Gasteiger partial charge in [0.05, 0.1) is 54.9 Å². The second kappa shape index (κ2) is 16.3. The van der Waals surface area contributed by atoms with Gasteiger partial charge in [-0.05, 0) is 84.4 Å². The molecule has 6 aromatic rings. The molecule has 2 saturated heterocycles. The zero-order valence-corrected chi connectivity index (χ0v) is 35.2. The number of alkyl carbamates (subject to hydrolysis) is 2. The normalized spacial score (nSPS) is 17.9. The van der Waals surface area contributed by atoms with Crippen LogP contribution in [0.15, 0.2) is 60.8 Å². The number of methoxy groups -OCH3 is 2. The summed E-state index contributed by atoms with van der Waals surface area (Å²) in [6.45, 7) is 8.81. The summed E-state index contributed by atoms with van der Waals surface area (Å²) in [6.07, 6.45) is 3.81. The third-order valence-corrected chi connectivity index (χ3v) is 12.2. The van der Waals surface area contributed by atoms with Crippen molar-refractivity contribution >= 4 is 56.7 Å². The lowest BCUT2D eigenvalue weighted by atomic mass is 9.99. The van der Waals surface area contributed by atoms with Crippen LogP contribution in [-0.4, -0.2) is 97.7 Å². The van der Waals surface area contributed by atoms with Gasteiger partial charge in [0.1, 0.15) is 23.7 Å². The first-order valence-electron chi connectivity index (χ1n) is 20.7. The van der Waals surface area contributed by atoms with Crippen molar-refractivity contribution in [1.82, 2.24) is 44.9 Å². The molecule has 2 aliphatic rings. The van der Waals surface area contributed by atoms with Gasteiger partial charge < -0.3 is 44.4 Å². The summed E-state index contributed by atoms with van der Waals surface area (Å²) in [7, 11) is 4.63. The van der Waals surface area contributed by atoms with Crippen LogP contribution >= 0.6 is 0 Å². The van der Waals surface area contributed by atoms with Gasteiger partial charge in [0.2, 0.25) is 11.8 Å². The standard InChI is InChI=1S/C45H53N9O6/c1-24(2)37(50-44(57)59-6)42(55)53-18-8-10-34(53)40-46-23-32(48-40)36-22-29-21-27(14-17-33(29)52(36)5)26-12-15-30-28(20-26)13-16-31-39(30)49-41(47-31)35-11-9-19-54(35)43(56)38(25(3)4)51-45(58)60-7/h12-17,20-25,34-35,37-38H,8-11,18-19H2,1-7H3,(H,46,48)(H,47,49)(H,50,57)(H,51,58)/t34-,35-,37-,38-/m0/s1. The largest absolute Gasteiger partial charge is 0.453 e. The number of carbonyl (C=O) groups is 4. The number of hydrogen-bond donors (Lipinski definition) is 4. The summed E-state index contributed by atoms with van der Waals surface area (Å²) in [4.78, 5) is 72.0. The Kier molecular flexibility index (Phi) is 11.0. The van der Waals surface area contributed by atoms with Gasteiger partial charge in [0.15, 0.2) is 0 Å². The van der Waals surface area contributed by atoms with Crippen molar-refractivity contribution in [2.75, 3.05) is 27.3 Å². The highest BCUT2D eigenvalue weighted by Crippen LogP contribution is 2.37. The van der Waals surface area contributed by atoms with E-state index >= 15 is 0 Å². The number of likely N-dealkylation sites (tertiary alicyclic amines) is 2. The topological polar surface area (TPSA) is 180 Å². The molecule has 0 bridgehead atoms. The summed E-state index contributed by atoms with van der Waals surface area (Å²) in [5.41, 5.74) is 6.82. The van der Waals surface area contributed by atoms with Gasteiger partial charge in [-0.25, -0.2) is 19.6 Å². The van der Waals surface area contributed by atoms with E-state index in [1.54, 1.807) is 0 Å². The zero-order valence-electron chi connectivity index (χ0n) is 35.2. The van der Waals surface area contributed by atoms with Crippen LogP contribution in [0.3, 0.4) is 0 Å². The van der Waals surface area contributed by atoms with E-state index in [4.69, 9.17) is 19.4 Å². The molecule has 8 rings (SSSR count). The number of imidazole rings is 2. The highest BCUT2D eigenvalue weighted by Gasteiger charge is 2.39. The predicted molar refractivity (Wildman–Crippen MR) is 229 cm³/mol. The third kappa shape index (κ3) is 7.41. The molecule has 0 saturated carbocycles. The van der Waals surface area contributed by atoms with E-state index in [-0.39, 0.29) is 35.7 Å². The Morgan fingerprint density at radius 3 is 1.92 bits per heavy atom. The maximum Gasteiger partial charge on any atom is 0.407 e. The molecule has 0 radical (unpaired) electrons. The average molecular weight is 816 g/mol. The second-order valence-electron chi connectivity index (χ2n) is 16.7. The molecule has 15 nitrogen and oxygen atoms in total. The number of benzene rings is 3. The Morgan fingerprint density at radius 1 is 0.733 bits per heavy atom. The van der Waals surface area contributed by atoms with Crippen LogP contribution in [0, 0.1) is 11.8 Å². The van der Waals surface area contributed by atoms with E-state index in [0.717, 1.165) is 92.6 Å². The number of carbonyl (C=O) groups excluding carboxylic acids is 4. The number of hydrogen-bond acceptors (Lipinski definition) is 8. The molecule has 2 fully saturated rings. The number of nitrogens with zero attached hydrogens (tertiary/aromatic N) is 5. The maximum atomic E-state index is 13.7. The summed E-state index contributed by atoms with van der Waals surface area (Å²) >= 11 is 0. The smallest absolute Gasteiger partial charge is 0.407 e. The molecule has 3 aromatic heterocycles. The lowest BCUT2D eigenvalue weighted by molar-refractivity contribution is -0.136. The lowest BCUT2D eigenvalue weighted by Gasteiger charge is -2.30. The molecule has 3 aromatic carbocycles. The number of aryl methyl sites for hydroxylation is 1. The molecule has 0 aliphatic carbocycles. The monoisotopic (exact) mass is 815 g/mol. The summed E-state index contributed by atoms with van der Waals surface area (Å²) in [6, 6.07) is 17.3. The predicted octanol–water partition coefficient (Wildman–Crippen LogP) is 7.35. The zero-order chi connectivity index (χ0) is 42.4. The number of aromatic amines is 2. The summed E-state index contributed by atoms with van der Waals surface area (Å²) < 4.78 is 11.7. The Bertz CT molecular complexity index is 2610. The van der Waals surface area contributed by atoms with Gasteiger partial charge in [0.25, 0.3) is 0 Å². The summed E-state index contributed by atoms with van der Waals surface area (Å²) in [5, 5.41) is 8.62. The Labute approximate surface area is 348 Å². The maximum absolute atomic E-state index is 13.7. The van der Waals surface area contributed by atoms with E-state index in [1.165, 1.54) is 14.2 Å². The number of nitrogens with one attached hydrogen (secondary N) is 4. The van der Waals surface area contributed by atoms with Crippen molar-refractivity contribution in [1.29, 1.82) is 0 Å². The highest BCUT2D eigenvalue weighted by molar-refractivity contribution is 6.06. The van der Waals surface area contributed by atoms with Crippen molar-refractivity contribution in [3.05, 3.63) is 72.4 Å². The molecule has 4 N–H and O–H groups in total. The van der Waals surface area contributed by atoms with Crippen LogP contribution in [0.2, 0.25) is 0 Å². The third-order valence-electron chi connectivity index (χ3n) is 12.2. The molecular formula is C45H53N9O6. The minimum Gasteiger partial charge on any atom is -0.453 e.